The maximum atomic E-state index is 12.6. The van der Waals surface area contributed by atoms with Crippen molar-refractivity contribution in [2.24, 2.45) is 0 Å². The molecular weight excluding hydrogens is 257 g/mol. The molecule has 0 saturated heterocycles. The molecule has 0 aromatic heterocycles. The van der Waals surface area contributed by atoms with Crippen molar-refractivity contribution in [3.05, 3.63) is 28.5 Å². The molecule has 0 N–H and O–H groups in total. The van der Waals surface area contributed by atoms with E-state index in [0.717, 1.165) is 31.7 Å². The molecule has 0 saturated carbocycles. The molecule has 3 radical (unpaired) electrons. The molecule has 0 bridgehead atoms. The van der Waals surface area contributed by atoms with Crippen LogP contribution < -0.4 is 3.58 Å². The first kappa shape index (κ1) is 8.34. The van der Waals surface area contributed by atoms with Crippen LogP contribution in [-0.4, -0.2) is 22.5 Å². The molecule has 0 nitrogen and oxygen atoms in total. The molecule has 1 aromatic rings. The predicted molar refractivity (Wildman–Crippen MR) is 41.5 cm³/mol. The fourth-order valence-electron chi connectivity index (χ4n) is 0.647. The van der Waals surface area contributed by atoms with Crippen LogP contribution in [0, 0.1) is 12.7 Å². The van der Waals surface area contributed by atoms with Crippen LogP contribution in [0.1, 0.15) is 5.56 Å². The average Bonchev–Trinajstić information content (AvgIpc) is 1.93. The van der Waals surface area contributed by atoms with Gasteiger partial charge in [0.15, 0.2) is 0 Å². The van der Waals surface area contributed by atoms with Crippen LogP contribution in [0.4, 0.5) is 4.39 Å². The second-order valence-corrected chi connectivity index (χ2v) is 3.86. The number of rotatable bonds is 0. The van der Waals surface area contributed by atoms with Crippen molar-refractivity contribution in [1.82, 2.24) is 0 Å². The summed E-state index contributed by atoms with van der Waals surface area (Å²) < 4.78 is 13.6. The van der Waals surface area contributed by atoms with Crippen molar-refractivity contribution in [1.29, 1.82) is 0 Å². The summed E-state index contributed by atoms with van der Waals surface area (Å²) in [6, 6.07) is 3.14. The maximum absolute atomic E-state index is 12.6. The van der Waals surface area contributed by atoms with Crippen LogP contribution in [0.25, 0.3) is 0 Å². The van der Waals surface area contributed by atoms with E-state index in [1.54, 1.807) is 6.07 Å². The van der Waals surface area contributed by atoms with Crippen molar-refractivity contribution < 1.29 is 4.39 Å². The van der Waals surface area contributed by atoms with Crippen molar-refractivity contribution in [3.63, 3.8) is 0 Å². The monoisotopic (exact) mass is 263 g/mol. The summed E-state index contributed by atoms with van der Waals surface area (Å²) in [4.78, 5) is 0. The van der Waals surface area contributed by atoms with Gasteiger partial charge in [-0.1, -0.05) is 0 Å². The molecule has 0 atom stereocenters. The third-order valence-electron chi connectivity index (χ3n) is 1.30. The summed E-state index contributed by atoms with van der Waals surface area (Å²) in [7, 11) is 0. The van der Waals surface area contributed by atoms with Crippen LogP contribution in [-0.2, 0) is 0 Å². The van der Waals surface area contributed by atoms with E-state index in [1.807, 2.05) is 6.92 Å². The normalized spacial score (nSPS) is 10.0. The van der Waals surface area contributed by atoms with Crippen LogP contribution in [0.3, 0.4) is 0 Å². The fourth-order valence-corrected chi connectivity index (χ4v) is 1.44. The average molecular weight is 262 g/mol. The Balaban J connectivity index is 3.34. The van der Waals surface area contributed by atoms with E-state index in [1.165, 1.54) is 6.07 Å². The molecular formula is C7H5ClFSn. The summed E-state index contributed by atoms with van der Waals surface area (Å²) in [5, 5.41) is 0.276. The second kappa shape index (κ2) is 3.09. The van der Waals surface area contributed by atoms with Gasteiger partial charge in [-0.3, -0.25) is 0 Å². The Bertz CT molecular complexity index is 233. The van der Waals surface area contributed by atoms with Gasteiger partial charge in [-0.05, 0) is 0 Å². The zero-order valence-corrected chi connectivity index (χ0v) is 9.02. The summed E-state index contributed by atoms with van der Waals surface area (Å²) in [5.74, 6) is -0.320. The molecule has 1 rings (SSSR count). The number of benzene rings is 1. The Labute approximate surface area is 77.5 Å². The van der Waals surface area contributed by atoms with Crippen LogP contribution >= 0.6 is 11.6 Å². The molecule has 0 aliphatic rings. The first-order valence-corrected chi connectivity index (χ1v) is 4.59. The number of hydrogen-bond acceptors (Lipinski definition) is 0. The van der Waals surface area contributed by atoms with Crippen molar-refractivity contribution >= 4 is 37.7 Å². The van der Waals surface area contributed by atoms with Gasteiger partial charge in [-0.15, -0.1) is 0 Å². The first-order chi connectivity index (χ1) is 4.63. The second-order valence-electron chi connectivity index (χ2n) is 2.05. The Morgan fingerprint density at radius 1 is 1.50 bits per heavy atom. The van der Waals surface area contributed by atoms with Crippen LogP contribution in [0.2, 0.25) is 5.02 Å². The molecule has 0 heterocycles. The van der Waals surface area contributed by atoms with Gasteiger partial charge in [0.1, 0.15) is 0 Å². The molecule has 1 aromatic carbocycles. The quantitative estimate of drug-likeness (QED) is 0.623. The van der Waals surface area contributed by atoms with Crippen molar-refractivity contribution in [2.75, 3.05) is 0 Å². The summed E-state index contributed by atoms with van der Waals surface area (Å²) in [5.41, 5.74) is 1.06. The third kappa shape index (κ3) is 1.45. The van der Waals surface area contributed by atoms with E-state index in [0.29, 0.717) is 0 Å². The van der Waals surface area contributed by atoms with Gasteiger partial charge in [-0.25, -0.2) is 0 Å². The zero-order valence-electron chi connectivity index (χ0n) is 5.41. The van der Waals surface area contributed by atoms with E-state index in [9.17, 15) is 4.39 Å². The van der Waals surface area contributed by atoms with Gasteiger partial charge in [0.25, 0.3) is 0 Å². The minimum atomic E-state index is -0.320. The predicted octanol–water partition coefficient (Wildman–Crippen LogP) is 1.58. The van der Waals surface area contributed by atoms with Crippen LogP contribution in [0.5, 0.6) is 0 Å². The van der Waals surface area contributed by atoms with Gasteiger partial charge in [0.05, 0.1) is 0 Å². The summed E-state index contributed by atoms with van der Waals surface area (Å²) in [6.45, 7) is 1.93. The molecule has 0 aliphatic carbocycles. The van der Waals surface area contributed by atoms with E-state index in [2.05, 4.69) is 0 Å². The number of hydrogen-bond donors (Lipinski definition) is 0. The number of halogens is 2. The molecule has 51 valence electrons. The minimum absolute atomic E-state index is 0.276. The number of aryl methyl sites for hydroxylation is 1. The SMILES string of the molecule is Cc1ccc(F)c(Cl)[c]1[Sn]. The molecule has 0 amide bonds. The first-order valence-electron chi connectivity index (χ1n) is 2.79. The van der Waals surface area contributed by atoms with Gasteiger partial charge >= 0.3 is 77.6 Å². The van der Waals surface area contributed by atoms with Gasteiger partial charge in [0.2, 0.25) is 0 Å². The van der Waals surface area contributed by atoms with Crippen molar-refractivity contribution in [3.8, 4) is 0 Å². The van der Waals surface area contributed by atoms with Gasteiger partial charge < -0.3 is 0 Å². The molecule has 0 aliphatic heterocycles. The molecule has 3 heteroatoms. The summed E-state index contributed by atoms with van der Waals surface area (Å²) in [6.07, 6.45) is 0. The topological polar surface area (TPSA) is 0 Å². The Morgan fingerprint density at radius 3 is 2.60 bits per heavy atom. The zero-order chi connectivity index (χ0) is 7.72. The molecule has 10 heavy (non-hydrogen) atoms. The fraction of sp³-hybridized carbons (Fsp3) is 0.143. The Morgan fingerprint density at radius 2 is 2.10 bits per heavy atom. The Hall–Kier alpha value is 0.239. The van der Waals surface area contributed by atoms with Gasteiger partial charge in [0, 0.05) is 0 Å². The standard InChI is InChI=1S/C7H5ClF.Sn/c1-5-2-3-7(9)6(8)4-5;/h2-3H,1H3;. The van der Waals surface area contributed by atoms with E-state index >= 15 is 0 Å². The Kier molecular flexibility index (Phi) is 2.58. The molecule has 0 fully saturated rings. The third-order valence-corrected chi connectivity index (χ3v) is 3.96. The van der Waals surface area contributed by atoms with E-state index in [4.69, 9.17) is 11.6 Å². The summed E-state index contributed by atoms with van der Waals surface area (Å²) >= 11 is 6.79. The molecule has 0 spiro atoms. The van der Waals surface area contributed by atoms with E-state index in [-0.39, 0.29) is 10.8 Å². The van der Waals surface area contributed by atoms with E-state index < -0.39 is 0 Å². The van der Waals surface area contributed by atoms with Crippen molar-refractivity contribution in [2.45, 2.75) is 6.92 Å². The molecule has 0 unspecified atom stereocenters. The van der Waals surface area contributed by atoms with Crippen LogP contribution in [0.15, 0.2) is 12.1 Å². The van der Waals surface area contributed by atoms with Gasteiger partial charge in [-0.2, -0.15) is 0 Å².